The van der Waals surface area contributed by atoms with Crippen molar-refractivity contribution in [1.29, 1.82) is 0 Å². The third kappa shape index (κ3) is 2.66. The normalized spacial score (nSPS) is 17.0. The highest BCUT2D eigenvalue weighted by Crippen LogP contribution is 2.28. The maximum atomic E-state index is 5.36. The molecule has 0 saturated heterocycles. The van der Waals surface area contributed by atoms with Crippen LogP contribution in [0.1, 0.15) is 19.8 Å². The van der Waals surface area contributed by atoms with E-state index < -0.39 is 0 Å². The van der Waals surface area contributed by atoms with Gasteiger partial charge in [-0.15, -0.1) is 11.3 Å². The Kier molecular flexibility index (Phi) is 3.56. The van der Waals surface area contributed by atoms with Gasteiger partial charge in [0.2, 0.25) is 0 Å². The molecule has 102 valence electrons. The SMILES string of the molecule is CC(Cn1c(-c2cccs2)n[nH]c1=S)N(C)C1CC1. The van der Waals surface area contributed by atoms with Crippen molar-refractivity contribution >= 4 is 23.6 Å². The first-order valence-corrected chi connectivity index (χ1v) is 7.86. The molecular formula is C13H18N4S2. The van der Waals surface area contributed by atoms with Crippen molar-refractivity contribution in [2.45, 2.75) is 38.4 Å². The lowest BCUT2D eigenvalue weighted by Crippen LogP contribution is -2.34. The van der Waals surface area contributed by atoms with Crippen molar-refractivity contribution in [3.63, 3.8) is 0 Å². The summed E-state index contributed by atoms with van der Waals surface area (Å²) in [5.41, 5.74) is 0. The van der Waals surface area contributed by atoms with Crippen LogP contribution in [-0.4, -0.2) is 38.8 Å². The van der Waals surface area contributed by atoms with Gasteiger partial charge < -0.3 is 0 Å². The lowest BCUT2D eigenvalue weighted by atomic mass is 10.3. The van der Waals surface area contributed by atoms with Crippen LogP contribution < -0.4 is 0 Å². The molecule has 1 N–H and O–H groups in total. The number of rotatable bonds is 5. The highest BCUT2D eigenvalue weighted by atomic mass is 32.1. The predicted molar refractivity (Wildman–Crippen MR) is 81.0 cm³/mol. The Balaban J connectivity index is 1.84. The van der Waals surface area contributed by atoms with Gasteiger partial charge in [0.15, 0.2) is 10.6 Å². The summed E-state index contributed by atoms with van der Waals surface area (Å²) in [7, 11) is 2.21. The monoisotopic (exact) mass is 294 g/mol. The molecule has 2 heterocycles. The van der Waals surface area contributed by atoms with Crippen LogP contribution >= 0.6 is 23.6 Å². The molecule has 0 aromatic carbocycles. The van der Waals surface area contributed by atoms with E-state index in [2.05, 4.69) is 45.1 Å². The molecule has 0 radical (unpaired) electrons. The second-order valence-electron chi connectivity index (χ2n) is 5.19. The van der Waals surface area contributed by atoms with E-state index in [9.17, 15) is 0 Å². The molecule has 19 heavy (non-hydrogen) atoms. The fraction of sp³-hybridized carbons (Fsp3) is 0.538. The molecule has 0 aliphatic heterocycles. The lowest BCUT2D eigenvalue weighted by molar-refractivity contribution is 0.225. The topological polar surface area (TPSA) is 36.9 Å². The van der Waals surface area contributed by atoms with Gasteiger partial charge >= 0.3 is 0 Å². The number of hydrogen-bond acceptors (Lipinski definition) is 4. The van der Waals surface area contributed by atoms with Gasteiger partial charge in [-0.3, -0.25) is 14.6 Å². The summed E-state index contributed by atoms with van der Waals surface area (Å²) < 4.78 is 2.82. The number of hydrogen-bond donors (Lipinski definition) is 1. The van der Waals surface area contributed by atoms with Crippen LogP contribution in [0.5, 0.6) is 0 Å². The number of aromatic amines is 1. The number of nitrogens with zero attached hydrogens (tertiary/aromatic N) is 3. The Bertz CT molecular complexity index is 594. The van der Waals surface area contributed by atoms with Gasteiger partial charge in [-0.1, -0.05) is 6.07 Å². The van der Waals surface area contributed by atoms with Crippen molar-refractivity contribution < 1.29 is 0 Å². The van der Waals surface area contributed by atoms with E-state index in [0.29, 0.717) is 10.8 Å². The van der Waals surface area contributed by atoms with Gasteiger partial charge in [-0.05, 0) is 50.5 Å². The summed E-state index contributed by atoms with van der Waals surface area (Å²) >= 11 is 7.06. The van der Waals surface area contributed by atoms with Crippen LogP contribution in [0.25, 0.3) is 10.7 Å². The van der Waals surface area contributed by atoms with E-state index in [4.69, 9.17) is 12.2 Å². The van der Waals surface area contributed by atoms with E-state index >= 15 is 0 Å². The summed E-state index contributed by atoms with van der Waals surface area (Å²) in [6, 6.07) is 5.36. The van der Waals surface area contributed by atoms with E-state index in [1.54, 1.807) is 11.3 Å². The third-order valence-electron chi connectivity index (χ3n) is 3.76. The summed E-state index contributed by atoms with van der Waals surface area (Å²) in [5, 5.41) is 9.35. The molecule has 1 atom stereocenters. The average molecular weight is 294 g/mol. The Morgan fingerprint density at radius 3 is 3.05 bits per heavy atom. The minimum Gasteiger partial charge on any atom is -0.299 e. The zero-order chi connectivity index (χ0) is 13.4. The Hall–Kier alpha value is -0.980. The van der Waals surface area contributed by atoms with Crippen molar-refractivity contribution in [3.8, 4) is 10.7 Å². The van der Waals surface area contributed by atoms with Crippen molar-refractivity contribution in [2.75, 3.05) is 7.05 Å². The fourth-order valence-electron chi connectivity index (χ4n) is 2.32. The molecular weight excluding hydrogens is 276 g/mol. The Morgan fingerprint density at radius 2 is 2.42 bits per heavy atom. The Labute approximate surface area is 122 Å². The van der Waals surface area contributed by atoms with E-state index in [1.165, 1.54) is 12.8 Å². The van der Waals surface area contributed by atoms with Gasteiger partial charge in [0.05, 0.1) is 4.88 Å². The van der Waals surface area contributed by atoms with Gasteiger partial charge in [-0.25, -0.2) is 0 Å². The van der Waals surface area contributed by atoms with Gasteiger partial charge in [0.1, 0.15) is 0 Å². The van der Waals surface area contributed by atoms with Crippen LogP contribution in [0.3, 0.4) is 0 Å². The molecule has 0 spiro atoms. The van der Waals surface area contributed by atoms with Gasteiger partial charge in [0, 0.05) is 18.6 Å². The van der Waals surface area contributed by atoms with Crippen molar-refractivity contribution in [3.05, 3.63) is 22.3 Å². The maximum absolute atomic E-state index is 5.36. The largest absolute Gasteiger partial charge is 0.299 e. The third-order valence-corrected chi connectivity index (χ3v) is 4.94. The number of aromatic nitrogens is 3. The van der Waals surface area contributed by atoms with Crippen LogP contribution in [0, 0.1) is 4.77 Å². The molecule has 1 fully saturated rings. The molecule has 2 aromatic heterocycles. The second-order valence-corrected chi connectivity index (χ2v) is 6.52. The van der Waals surface area contributed by atoms with E-state index in [-0.39, 0.29) is 0 Å². The predicted octanol–water partition coefficient (Wildman–Crippen LogP) is 3.15. The zero-order valence-corrected chi connectivity index (χ0v) is 12.8. The quantitative estimate of drug-likeness (QED) is 0.861. The molecule has 1 aliphatic carbocycles. The molecule has 1 aliphatic rings. The smallest absolute Gasteiger partial charge is 0.195 e. The molecule has 0 amide bonds. The minimum absolute atomic E-state index is 0.468. The van der Waals surface area contributed by atoms with Crippen molar-refractivity contribution in [1.82, 2.24) is 19.7 Å². The molecule has 3 rings (SSSR count). The molecule has 1 unspecified atom stereocenters. The average Bonchev–Trinajstić information content (AvgIpc) is 3.00. The van der Waals surface area contributed by atoms with E-state index in [1.807, 2.05) is 6.07 Å². The molecule has 2 aromatic rings. The van der Waals surface area contributed by atoms with Crippen LogP contribution in [0.2, 0.25) is 0 Å². The van der Waals surface area contributed by atoms with Crippen LogP contribution in [0.4, 0.5) is 0 Å². The highest BCUT2D eigenvalue weighted by molar-refractivity contribution is 7.71. The van der Waals surface area contributed by atoms with E-state index in [0.717, 1.165) is 23.3 Å². The number of likely N-dealkylation sites (N-methyl/N-ethyl adjacent to an activating group) is 1. The Morgan fingerprint density at radius 1 is 1.63 bits per heavy atom. The van der Waals surface area contributed by atoms with Gasteiger partial charge in [0.25, 0.3) is 0 Å². The lowest BCUT2D eigenvalue weighted by Gasteiger charge is -2.25. The standard InChI is InChI=1S/C13H18N4S2/c1-9(16(2)10-5-6-10)8-17-12(14-15-13(17)18)11-4-3-7-19-11/h3-4,7,9-10H,5-6,8H2,1-2H3,(H,15,18). The minimum atomic E-state index is 0.468. The van der Waals surface area contributed by atoms with Gasteiger partial charge in [-0.2, -0.15) is 5.10 Å². The molecule has 4 nitrogen and oxygen atoms in total. The summed E-state index contributed by atoms with van der Waals surface area (Å²) in [4.78, 5) is 3.61. The molecule has 6 heteroatoms. The van der Waals surface area contributed by atoms with Crippen LogP contribution in [-0.2, 0) is 6.54 Å². The molecule has 0 bridgehead atoms. The number of thiophene rings is 1. The zero-order valence-electron chi connectivity index (χ0n) is 11.2. The van der Waals surface area contributed by atoms with Crippen molar-refractivity contribution in [2.24, 2.45) is 0 Å². The summed E-state index contributed by atoms with van der Waals surface area (Å²) in [5.74, 6) is 0.955. The maximum Gasteiger partial charge on any atom is 0.195 e. The summed E-state index contributed by atoms with van der Waals surface area (Å²) in [6.45, 7) is 3.14. The first kappa shape index (κ1) is 13.0. The fourth-order valence-corrected chi connectivity index (χ4v) is 3.24. The van der Waals surface area contributed by atoms with Crippen LogP contribution in [0.15, 0.2) is 17.5 Å². The summed E-state index contributed by atoms with van der Waals surface area (Å²) in [6.07, 6.45) is 2.66. The molecule has 1 saturated carbocycles. The number of nitrogens with one attached hydrogen (secondary N) is 1. The first-order valence-electron chi connectivity index (χ1n) is 6.58. The highest BCUT2D eigenvalue weighted by Gasteiger charge is 2.29. The number of H-pyrrole nitrogens is 1. The first-order chi connectivity index (χ1) is 9.16. The second kappa shape index (κ2) is 5.19.